The van der Waals surface area contributed by atoms with Gasteiger partial charge in [0, 0.05) is 12.0 Å². The molecule has 2 aliphatic rings. The van der Waals surface area contributed by atoms with Crippen LogP contribution < -0.4 is 10.1 Å². The number of halogens is 1. The van der Waals surface area contributed by atoms with E-state index >= 15 is 0 Å². The number of rotatable bonds is 6. The van der Waals surface area contributed by atoms with Gasteiger partial charge < -0.3 is 14.8 Å². The van der Waals surface area contributed by atoms with E-state index in [-0.39, 0.29) is 36.4 Å². The lowest BCUT2D eigenvalue weighted by Crippen LogP contribution is -2.51. The normalized spacial score (nSPS) is 24.1. The average molecular weight is 460 g/mol. The minimum atomic E-state index is -0.292. The van der Waals surface area contributed by atoms with E-state index in [2.05, 4.69) is 11.4 Å². The summed E-state index contributed by atoms with van der Waals surface area (Å²) in [7, 11) is 0. The van der Waals surface area contributed by atoms with E-state index < -0.39 is 0 Å². The number of para-hydroxylation sites is 1. The second-order valence-corrected chi connectivity index (χ2v) is 9.31. The number of ether oxygens (including phenoxy) is 2. The molecule has 0 unspecified atom stereocenters. The third-order valence-corrected chi connectivity index (χ3v) is 6.91. The first-order chi connectivity index (χ1) is 16.6. The molecule has 0 aromatic heterocycles. The van der Waals surface area contributed by atoms with Gasteiger partial charge in [0.1, 0.15) is 17.3 Å². The predicted octanol–water partition coefficient (Wildman–Crippen LogP) is 6.37. The van der Waals surface area contributed by atoms with Crippen LogP contribution in [-0.4, -0.2) is 18.1 Å². The minimum absolute atomic E-state index is 0.0252. The first-order valence-electron chi connectivity index (χ1n) is 12.2. The van der Waals surface area contributed by atoms with Crippen LogP contribution in [0.1, 0.15) is 49.3 Å². The molecule has 3 aromatic rings. The van der Waals surface area contributed by atoms with Crippen molar-refractivity contribution < 1.29 is 18.7 Å². The van der Waals surface area contributed by atoms with Crippen molar-refractivity contribution in [3.8, 4) is 11.5 Å². The summed E-state index contributed by atoms with van der Waals surface area (Å²) in [5, 5.41) is 3.29. The molecular formula is C29H30FNO3. The molecule has 3 aromatic carbocycles. The van der Waals surface area contributed by atoms with E-state index in [9.17, 15) is 9.18 Å². The lowest BCUT2D eigenvalue weighted by atomic mass is 9.76. The van der Waals surface area contributed by atoms with Gasteiger partial charge >= 0.3 is 0 Å². The smallest absolute Gasteiger partial charge is 0.224 e. The molecule has 1 heterocycles. The van der Waals surface area contributed by atoms with Crippen LogP contribution in [0, 0.1) is 11.7 Å². The van der Waals surface area contributed by atoms with Crippen molar-refractivity contribution in [3.63, 3.8) is 0 Å². The fourth-order valence-electron chi connectivity index (χ4n) is 5.26. The quantitative estimate of drug-likeness (QED) is 0.466. The molecule has 176 valence electrons. The average Bonchev–Trinajstić information content (AvgIpc) is 2.86. The van der Waals surface area contributed by atoms with Crippen LogP contribution in [0.4, 0.5) is 4.39 Å². The lowest BCUT2D eigenvalue weighted by molar-refractivity contribution is -0.132. The summed E-state index contributed by atoms with van der Waals surface area (Å²) in [5.74, 6) is 1.58. The van der Waals surface area contributed by atoms with Gasteiger partial charge in [-0.1, -0.05) is 55.3 Å². The maximum atomic E-state index is 13.2. The number of carbonyl (C=O) groups is 1. The minimum Gasteiger partial charge on any atom is -0.457 e. The fourth-order valence-corrected chi connectivity index (χ4v) is 5.26. The highest BCUT2D eigenvalue weighted by molar-refractivity contribution is 5.78. The zero-order valence-corrected chi connectivity index (χ0v) is 19.2. The Labute approximate surface area is 200 Å². The van der Waals surface area contributed by atoms with Gasteiger partial charge in [-0.05, 0) is 66.8 Å². The maximum Gasteiger partial charge on any atom is 0.224 e. The van der Waals surface area contributed by atoms with Gasteiger partial charge in [-0.25, -0.2) is 4.39 Å². The molecule has 1 amide bonds. The second kappa shape index (κ2) is 10.4. The zero-order chi connectivity index (χ0) is 23.3. The van der Waals surface area contributed by atoms with Gasteiger partial charge in [-0.2, -0.15) is 0 Å². The molecule has 1 saturated heterocycles. The topological polar surface area (TPSA) is 47.6 Å². The van der Waals surface area contributed by atoms with Crippen molar-refractivity contribution in [3.05, 3.63) is 95.8 Å². The molecule has 34 heavy (non-hydrogen) atoms. The monoisotopic (exact) mass is 459 g/mol. The van der Waals surface area contributed by atoms with E-state index in [4.69, 9.17) is 9.47 Å². The summed E-state index contributed by atoms with van der Waals surface area (Å²) < 4.78 is 25.8. The zero-order valence-electron chi connectivity index (χ0n) is 19.2. The van der Waals surface area contributed by atoms with Gasteiger partial charge in [-0.15, -0.1) is 0 Å². The maximum absolute atomic E-state index is 13.2. The molecule has 0 radical (unpaired) electrons. The van der Waals surface area contributed by atoms with Crippen molar-refractivity contribution in [1.82, 2.24) is 5.32 Å². The molecule has 5 rings (SSSR count). The second-order valence-electron chi connectivity index (χ2n) is 9.31. The Balaban J connectivity index is 1.30. The van der Waals surface area contributed by atoms with E-state index in [0.717, 1.165) is 48.3 Å². The molecule has 1 saturated carbocycles. The van der Waals surface area contributed by atoms with Crippen molar-refractivity contribution in [1.29, 1.82) is 0 Å². The van der Waals surface area contributed by atoms with E-state index in [0.29, 0.717) is 5.92 Å². The molecule has 1 aliphatic carbocycles. The predicted molar refractivity (Wildman–Crippen MR) is 129 cm³/mol. The number of nitrogens with one attached hydrogen (secondary N) is 1. The third-order valence-electron chi connectivity index (χ3n) is 6.91. The SMILES string of the molecule is O=C(Cc1ccc(F)cc1)N[C@H]1C[C@@H](c2cccc(Oc3ccccc3)c2)O[C@H]2CCCC[C@H]12. The molecule has 0 spiro atoms. The number of fused-ring (bicyclic) bond motifs is 1. The molecule has 4 nitrogen and oxygen atoms in total. The number of hydrogen-bond acceptors (Lipinski definition) is 3. The highest BCUT2D eigenvalue weighted by Crippen LogP contribution is 2.42. The van der Waals surface area contributed by atoms with Crippen LogP contribution in [0.25, 0.3) is 0 Å². The van der Waals surface area contributed by atoms with E-state index in [1.165, 1.54) is 18.6 Å². The summed E-state index contributed by atoms with van der Waals surface area (Å²) >= 11 is 0. The Bertz CT molecular complexity index is 1100. The molecule has 2 fully saturated rings. The van der Waals surface area contributed by atoms with E-state index in [1.807, 2.05) is 48.5 Å². The number of hydrogen-bond donors (Lipinski definition) is 1. The fraction of sp³-hybridized carbons (Fsp3) is 0.345. The summed E-state index contributed by atoms with van der Waals surface area (Å²) in [5.41, 5.74) is 1.88. The van der Waals surface area contributed by atoms with Crippen LogP contribution in [0.3, 0.4) is 0 Å². The van der Waals surface area contributed by atoms with Crippen LogP contribution >= 0.6 is 0 Å². The van der Waals surface area contributed by atoms with Crippen LogP contribution in [0.15, 0.2) is 78.9 Å². The highest BCUT2D eigenvalue weighted by atomic mass is 19.1. The van der Waals surface area contributed by atoms with Crippen molar-refractivity contribution in [2.45, 2.75) is 56.8 Å². The Hall–Kier alpha value is -3.18. The molecule has 1 aliphatic heterocycles. The summed E-state index contributed by atoms with van der Waals surface area (Å²) in [6.45, 7) is 0. The molecule has 5 heteroatoms. The highest BCUT2D eigenvalue weighted by Gasteiger charge is 2.41. The molecular weight excluding hydrogens is 429 g/mol. The van der Waals surface area contributed by atoms with Gasteiger partial charge in [0.2, 0.25) is 5.91 Å². The van der Waals surface area contributed by atoms with E-state index in [1.54, 1.807) is 12.1 Å². The standard InChI is InChI=1S/C29H30FNO3/c30-22-15-13-20(14-16-22)17-29(32)31-26-19-28(34-27-12-5-4-11-25(26)27)21-7-6-10-24(18-21)33-23-8-2-1-3-9-23/h1-3,6-10,13-16,18,25-28H,4-5,11-12,17,19H2,(H,31,32)/t25-,26+,27+,28+/m1/s1. The number of benzene rings is 3. The first kappa shape index (κ1) is 22.6. The molecule has 0 bridgehead atoms. The van der Waals surface area contributed by atoms with Crippen LogP contribution in [0.2, 0.25) is 0 Å². The summed E-state index contributed by atoms with van der Waals surface area (Å²) in [6.07, 6.45) is 5.42. The number of carbonyl (C=O) groups excluding carboxylic acids is 1. The van der Waals surface area contributed by atoms with Crippen molar-refractivity contribution >= 4 is 5.91 Å². The Kier molecular flexibility index (Phi) is 6.91. The van der Waals surface area contributed by atoms with Gasteiger partial charge in [0.25, 0.3) is 0 Å². The van der Waals surface area contributed by atoms with Crippen molar-refractivity contribution in [2.75, 3.05) is 0 Å². The van der Waals surface area contributed by atoms with Crippen molar-refractivity contribution in [2.24, 2.45) is 5.92 Å². The van der Waals surface area contributed by atoms with Crippen LogP contribution in [0.5, 0.6) is 11.5 Å². The third kappa shape index (κ3) is 5.48. The van der Waals surface area contributed by atoms with Gasteiger partial charge in [0.15, 0.2) is 0 Å². The van der Waals surface area contributed by atoms with Gasteiger partial charge in [0.05, 0.1) is 18.6 Å². The Morgan fingerprint density at radius 2 is 1.71 bits per heavy atom. The van der Waals surface area contributed by atoms with Crippen LogP contribution in [-0.2, 0) is 16.0 Å². The largest absolute Gasteiger partial charge is 0.457 e. The molecule has 4 atom stereocenters. The Morgan fingerprint density at radius 3 is 2.53 bits per heavy atom. The Morgan fingerprint density at radius 1 is 0.941 bits per heavy atom. The first-order valence-corrected chi connectivity index (χ1v) is 12.2. The molecule has 1 N–H and O–H groups in total. The van der Waals surface area contributed by atoms with Gasteiger partial charge in [-0.3, -0.25) is 4.79 Å². The summed E-state index contributed by atoms with van der Waals surface area (Å²) in [4.78, 5) is 12.9. The lowest BCUT2D eigenvalue weighted by Gasteiger charge is -2.45. The number of amides is 1. The summed E-state index contributed by atoms with van der Waals surface area (Å²) in [6, 6.07) is 24.0.